The van der Waals surface area contributed by atoms with Crippen LogP contribution < -0.4 is 0 Å². The molecule has 0 saturated carbocycles. The first-order valence-corrected chi connectivity index (χ1v) is 12.3. The van der Waals surface area contributed by atoms with Crippen LogP contribution in [0.5, 0.6) is 0 Å². The lowest BCUT2D eigenvalue weighted by atomic mass is 9.83. The highest BCUT2D eigenvalue weighted by Crippen LogP contribution is 2.47. The molecule has 0 fully saturated rings. The second-order valence-corrected chi connectivity index (χ2v) is 14.6. The molecule has 1 aromatic rings. The number of hydrogen-bond donors (Lipinski definition) is 0. The van der Waals surface area contributed by atoms with Crippen LogP contribution in [0.25, 0.3) is 6.08 Å². The third kappa shape index (κ3) is 6.56. The highest BCUT2D eigenvalue weighted by atomic mass is 32.2. The lowest BCUT2D eigenvalue weighted by Crippen LogP contribution is -2.15. The Hall–Kier alpha value is -0.860. The first-order chi connectivity index (χ1) is 12.9. The van der Waals surface area contributed by atoms with Crippen molar-refractivity contribution in [3.8, 4) is 0 Å². The summed E-state index contributed by atoms with van der Waals surface area (Å²) >= 11 is 3.86. The standard InChI is InChI=1S/C27H41S2/c1-24(2,3)18-13-20(28-22(15-18)26(7,8)9)17-21-14-19(25(4,5)6)16-23(29-21)27(10,11)12/h13-17H,1-12H3/q+1. The van der Waals surface area contributed by atoms with Crippen LogP contribution in [0, 0.1) is 10.8 Å². The van der Waals surface area contributed by atoms with Gasteiger partial charge in [-0.15, -0.1) is 0 Å². The van der Waals surface area contributed by atoms with Crippen molar-refractivity contribution in [1.82, 2.24) is 0 Å². The van der Waals surface area contributed by atoms with Gasteiger partial charge in [0, 0.05) is 28.5 Å². The Morgan fingerprint density at radius 1 is 0.690 bits per heavy atom. The second-order valence-electron chi connectivity index (χ2n) is 12.4. The van der Waals surface area contributed by atoms with Gasteiger partial charge in [-0.2, -0.15) is 0 Å². The molecular weight excluding hydrogens is 388 g/mol. The second kappa shape index (κ2) is 8.00. The molecule has 0 aromatic carbocycles. The fourth-order valence-electron chi connectivity index (χ4n) is 2.93. The van der Waals surface area contributed by atoms with Crippen molar-refractivity contribution in [3.05, 3.63) is 55.0 Å². The van der Waals surface area contributed by atoms with Crippen molar-refractivity contribution >= 4 is 29.2 Å². The quantitative estimate of drug-likeness (QED) is 0.400. The van der Waals surface area contributed by atoms with Gasteiger partial charge in [0.1, 0.15) is 0 Å². The number of thioether (sulfide) groups is 1. The molecule has 0 saturated heterocycles. The van der Waals surface area contributed by atoms with Gasteiger partial charge in [0.2, 0.25) is 21.1 Å². The monoisotopic (exact) mass is 429 g/mol. The van der Waals surface area contributed by atoms with E-state index in [1.807, 2.05) is 23.1 Å². The third-order valence-electron chi connectivity index (χ3n) is 5.12. The zero-order valence-electron chi connectivity index (χ0n) is 20.7. The van der Waals surface area contributed by atoms with Gasteiger partial charge < -0.3 is 0 Å². The van der Waals surface area contributed by atoms with Crippen LogP contribution in [0.1, 0.15) is 98.4 Å². The summed E-state index contributed by atoms with van der Waals surface area (Å²) in [6, 6.07) is 4.81. The minimum Gasteiger partial charge on any atom is -0.0938 e. The molecule has 1 aliphatic heterocycles. The van der Waals surface area contributed by atoms with Gasteiger partial charge in [-0.25, -0.2) is 0 Å². The molecule has 0 aliphatic carbocycles. The SMILES string of the molecule is CC(C)(C)C1=C/C(=C\c2cc(C(C)(C)C)cc(C(C)(C)C)[s+]2)SC(C(C)(C)C)=C1. The van der Waals surface area contributed by atoms with E-state index in [1.54, 1.807) is 0 Å². The van der Waals surface area contributed by atoms with Crippen LogP contribution >= 0.6 is 23.1 Å². The summed E-state index contributed by atoms with van der Waals surface area (Å²) in [5.41, 5.74) is 3.43. The summed E-state index contributed by atoms with van der Waals surface area (Å²) in [6.07, 6.45) is 7.22. The molecule has 0 spiro atoms. The largest absolute Gasteiger partial charge is 0.232 e. The van der Waals surface area contributed by atoms with Crippen LogP contribution in [-0.2, 0) is 10.8 Å². The Morgan fingerprint density at radius 3 is 1.72 bits per heavy atom. The third-order valence-corrected chi connectivity index (χ3v) is 7.96. The normalized spacial score (nSPS) is 18.0. The number of allylic oxidation sites excluding steroid dienone is 4. The predicted octanol–water partition coefficient (Wildman–Crippen LogP) is 9.61. The summed E-state index contributed by atoms with van der Waals surface area (Å²) in [7, 11) is 0. The Labute approximate surface area is 188 Å². The van der Waals surface area contributed by atoms with Gasteiger partial charge in [-0.1, -0.05) is 94.8 Å². The average molecular weight is 430 g/mol. The summed E-state index contributed by atoms with van der Waals surface area (Å²) in [5.74, 6) is 0. The van der Waals surface area contributed by atoms with Gasteiger partial charge in [-0.3, -0.25) is 0 Å². The fraction of sp³-hybridized carbons (Fsp3) is 0.593. The van der Waals surface area contributed by atoms with Crippen LogP contribution in [0.2, 0.25) is 0 Å². The molecule has 0 atom stereocenters. The molecule has 0 unspecified atom stereocenters. The zero-order chi connectivity index (χ0) is 22.4. The first-order valence-electron chi connectivity index (χ1n) is 10.7. The molecule has 1 aliphatic rings. The van der Waals surface area contributed by atoms with E-state index in [0.717, 1.165) is 0 Å². The van der Waals surface area contributed by atoms with Crippen molar-refractivity contribution in [1.29, 1.82) is 0 Å². The van der Waals surface area contributed by atoms with E-state index in [-0.39, 0.29) is 21.7 Å². The van der Waals surface area contributed by atoms with Gasteiger partial charge in [-0.05, 0) is 44.4 Å². The lowest BCUT2D eigenvalue weighted by molar-refractivity contribution is 0.504. The van der Waals surface area contributed by atoms with Crippen LogP contribution in [0.4, 0.5) is 0 Å². The van der Waals surface area contributed by atoms with Gasteiger partial charge in [0.25, 0.3) is 0 Å². The fourth-order valence-corrected chi connectivity index (χ4v) is 5.24. The molecule has 0 nitrogen and oxygen atoms in total. The Bertz CT molecular complexity index is 820. The molecule has 29 heavy (non-hydrogen) atoms. The van der Waals surface area contributed by atoms with E-state index in [9.17, 15) is 0 Å². The van der Waals surface area contributed by atoms with Crippen LogP contribution in [0.15, 0.2) is 39.7 Å². The molecule has 2 heterocycles. The van der Waals surface area contributed by atoms with Gasteiger partial charge >= 0.3 is 0 Å². The molecule has 1 aromatic heterocycles. The highest BCUT2D eigenvalue weighted by Gasteiger charge is 2.30. The van der Waals surface area contributed by atoms with Crippen molar-refractivity contribution in [2.45, 2.75) is 93.9 Å². The number of rotatable bonds is 1. The van der Waals surface area contributed by atoms with E-state index in [1.165, 1.54) is 30.7 Å². The van der Waals surface area contributed by atoms with Crippen molar-refractivity contribution in [3.63, 3.8) is 0 Å². The summed E-state index contributed by atoms with van der Waals surface area (Å²) in [5, 5.41) is 0. The predicted molar refractivity (Wildman–Crippen MR) is 137 cm³/mol. The maximum atomic E-state index is 2.41. The molecule has 2 rings (SSSR count). The van der Waals surface area contributed by atoms with Crippen molar-refractivity contribution < 1.29 is 0 Å². The zero-order valence-corrected chi connectivity index (χ0v) is 22.3. The van der Waals surface area contributed by atoms with Crippen LogP contribution in [-0.4, -0.2) is 0 Å². The Kier molecular flexibility index (Phi) is 6.74. The van der Waals surface area contributed by atoms with E-state index in [0.29, 0.717) is 0 Å². The molecule has 0 N–H and O–H groups in total. The minimum atomic E-state index is 0.143. The van der Waals surface area contributed by atoms with E-state index in [4.69, 9.17) is 0 Å². The summed E-state index contributed by atoms with van der Waals surface area (Å²) < 4.78 is 0. The minimum absolute atomic E-state index is 0.143. The van der Waals surface area contributed by atoms with E-state index in [2.05, 4.69) is 113 Å². The Balaban J connectivity index is 2.63. The molecule has 0 radical (unpaired) electrons. The van der Waals surface area contributed by atoms with Gasteiger partial charge in [0.15, 0.2) is 0 Å². The van der Waals surface area contributed by atoms with Crippen molar-refractivity contribution in [2.24, 2.45) is 10.8 Å². The van der Waals surface area contributed by atoms with E-state index < -0.39 is 0 Å². The highest BCUT2D eigenvalue weighted by molar-refractivity contribution is 8.07. The molecule has 2 heteroatoms. The van der Waals surface area contributed by atoms with E-state index >= 15 is 0 Å². The molecule has 0 bridgehead atoms. The topological polar surface area (TPSA) is 0 Å². The maximum Gasteiger partial charge on any atom is 0.232 e. The molecule has 0 amide bonds. The van der Waals surface area contributed by atoms with Gasteiger partial charge in [0.05, 0.1) is 0 Å². The summed E-state index contributed by atoms with van der Waals surface area (Å²) in [4.78, 5) is 5.60. The summed E-state index contributed by atoms with van der Waals surface area (Å²) in [6.45, 7) is 27.7. The Morgan fingerprint density at radius 2 is 1.28 bits per heavy atom. The lowest BCUT2D eigenvalue weighted by Gasteiger charge is -2.30. The number of hydrogen-bond acceptors (Lipinski definition) is 1. The average Bonchev–Trinajstić information content (AvgIpc) is 2.51. The first kappa shape index (κ1) is 24.4. The smallest absolute Gasteiger partial charge is 0.0938 e. The maximum absolute atomic E-state index is 2.41. The molecular formula is C27H41S2+. The van der Waals surface area contributed by atoms with Crippen molar-refractivity contribution in [2.75, 3.05) is 0 Å². The molecule has 160 valence electrons. The van der Waals surface area contributed by atoms with Crippen LogP contribution in [0.3, 0.4) is 0 Å².